The number of hydrogen-bond acceptors (Lipinski definition) is 0. The van der Waals surface area contributed by atoms with E-state index in [1.54, 1.807) is 0 Å². The molecule has 0 saturated heterocycles. The van der Waals surface area contributed by atoms with E-state index in [1.165, 1.54) is 38.7 Å². The van der Waals surface area contributed by atoms with Crippen molar-refractivity contribution in [1.29, 1.82) is 0 Å². The summed E-state index contributed by atoms with van der Waals surface area (Å²) in [7, 11) is 0. The molecule has 2 heteroatoms. The summed E-state index contributed by atoms with van der Waals surface area (Å²) < 4.78 is 4.95. The second-order valence-corrected chi connectivity index (χ2v) is 7.39. The molecule has 0 spiro atoms. The molecule has 108 valence electrons. The lowest BCUT2D eigenvalue weighted by molar-refractivity contribution is -0.631. The topological polar surface area (TPSA) is 8.29 Å². The minimum atomic E-state index is 0.104. The number of fused-ring (bicyclic) bond motifs is 3. The summed E-state index contributed by atoms with van der Waals surface area (Å²) in [5, 5.41) is 2.79. The summed E-state index contributed by atoms with van der Waals surface area (Å²) in [5.74, 6) is 0. The number of hydrogen-bond donors (Lipinski definition) is 0. The Hall–Kier alpha value is -2.35. The lowest BCUT2D eigenvalue weighted by Crippen LogP contribution is -2.30. The molecule has 2 aromatic carbocycles. The normalized spacial score (nSPS) is 14.0. The highest BCUT2D eigenvalue weighted by molar-refractivity contribution is 5.99. The lowest BCUT2D eigenvalue weighted by Gasteiger charge is -2.17. The Balaban J connectivity index is 2.17. The molecule has 4 aromatic rings. The van der Waals surface area contributed by atoms with Crippen LogP contribution in [0.5, 0.6) is 0 Å². The summed E-state index contributed by atoms with van der Waals surface area (Å²) in [6.45, 7) is 7.88. The molecule has 0 atom stereocenters. The maximum Gasteiger partial charge on any atom is 0.296 e. The third kappa shape index (κ3) is 1.33. The second-order valence-electron chi connectivity index (χ2n) is 7.39. The van der Waals surface area contributed by atoms with Crippen LogP contribution in [0.25, 0.3) is 27.5 Å². The Morgan fingerprint density at radius 2 is 1.82 bits per heavy atom. The molecule has 0 fully saturated rings. The van der Waals surface area contributed by atoms with E-state index in [1.807, 2.05) is 0 Å². The van der Waals surface area contributed by atoms with Gasteiger partial charge in [0.05, 0.1) is 5.39 Å². The maximum absolute atomic E-state index is 2.48. The SMILES string of the molecule is CC(C)(C)c1cc2cccc3c2c2n1c1ccccc1[n+]2C3. The van der Waals surface area contributed by atoms with Crippen molar-refractivity contribution in [2.24, 2.45) is 0 Å². The van der Waals surface area contributed by atoms with Gasteiger partial charge in [0.15, 0.2) is 11.0 Å². The fourth-order valence-corrected chi connectivity index (χ4v) is 3.96. The van der Waals surface area contributed by atoms with Crippen LogP contribution in [-0.2, 0) is 12.0 Å². The summed E-state index contributed by atoms with van der Waals surface area (Å²) >= 11 is 0. The zero-order chi connectivity index (χ0) is 15.1. The number of para-hydroxylation sites is 2. The maximum atomic E-state index is 2.48. The number of imidazole rings is 1. The van der Waals surface area contributed by atoms with Crippen molar-refractivity contribution in [1.82, 2.24) is 4.40 Å². The molecule has 3 heterocycles. The van der Waals surface area contributed by atoms with Gasteiger partial charge in [0.25, 0.3) is 5.65 Å². The molecule has 0 amide bonds. The van der Waals surface area contributed by atoms with Gasteiger partial charge in [0.1, 0.15) is 12.2 Å². The van der Waals surface area contributed by atoms with Gasteiger partial charge in [-0.25, -0.2) is 4.57 Å². The third-order valence-electron chi connectivity index (χ3n) is 4.92. The van der Waals surface area contributed by atoms with Crippen LogP contribution in [-0.4, -0.2) is 4.40 Å². The Bertz CT molecular complexity index is 1080. The third-order valence-corrected chi connectivity index (χ3v) is 4.92. The van der Waals surface area contributed by atoms with E-state index in [9.17, 15) is 0 Å². The molecule has 0 saturated carbocycles. The fourth-order valence-electron chi connectivity index (χ4n) is 3.96. The van der Waals surface area contributed by atoms with Crippen LogP contribution in [0.15, 0.2) is 48.5 Å². The zero-order valence-corrected chi connectivity index (χ0v) is 13.2. The fraction of sp³-hybridized carbons (Fsp3) is 0.250. The number of nitrogens with zero attached hydrogens (tertiary/aromatic N) is 2. The van der Waals surface area contributed by atoms with Gasteiger partial charge < -0.3 is 0 Å². The Labute approximate surface area is 129 Å². The van der Waals surface area contributed by atoms with Crippen molar-refractivity contribution >= 4 is 27.5 Å². The van der Waals surface area contributed by atoms with Crippen LogP contribution < -0.4 is 4.57 Å². The Kier molecular flexibility index (Phi) is 2.05. The van der Waals surface area contributed by atoms with Gasteiger partial charge in [-0.15, -0.1) is 0 Å². The van der Waals surface area contributed by atoms with Crippen LogP contribution >= 0.6 is 0 Å². The van der Waals surface area contributed by atoms with Crippen LogP contribution in [0.1, 0.15) is 32.0 Å². The largest absolute Gasteiger partial charge is 0.296 e. The summed E-state index contributed by atoms with van der Waals surface area (Å²) in [6.07, 6.45) is 0. The van der Waals surface area contributed by atoms with Gasteiger partial charge in [0, 0.05) is 11.0 Å². The molecular weight excluding hydrogens is 268 g/mol. The summed E-state index contributed by atoms with van der Waals surface area (Å²) in [5.41, 5.74) is 6.93. The van der Waals surface area contributed by atoms with Crippen molar-refractivity contribution in [3.05, 3.63) is 59.8 Å². The van der Waals surface area contributed by atoms with E-state index in [2.05, 4.69) is 78.3 Å². The Morgan fingerprint density at radius 1 is 1.00 bits per heavy atom. The van der Waals surface area contributed by atoms with Gasteiger partial charge in [-0.3, -0.25) is 0 Å². The van der Waals surface area contributed by atoms with E-state index >= 15 is 0 Å². The minimum absolute atomic E-state index is 0.104. The van der Waals surface area contributed by atoms with Crippen LogP contribution in [0.2, 0.25) is 0 Å². The van der Waals surface area contributed by atoms with Crippen LogP contribution in [0.4, 0.5) is 0 Å². The van der Waals surface area contributed by atoms with Crippen molar-refractivity contribution < 1.29 is 4.57 Å². The predicted octanol–water partition coefficient (Wildman–Crippen LogP) is 4.19. The first-order valence-corrected chi connectivity index (χ1v) is 7.94. The monoisotopic (exact) mass is 287 g/mol. The first kappa shape index (κ1) is 12.2. The van der Waals surface area contributed by atoms with Crippen molar-refractivity contribution in [3.63, 3.8) is 0 Å². The molecule has 1 aliphatic rings. The molecule has 0 N–H and O–H groups in total. The van der Waals surface area contributed by atoms with Gasteiger partial charge in [-0.05, 0) is 23.6 Å². The molecule has 0 unspecified atom stereocenters. The first-order valence-electron chi connectivity index (χ1n) is 7.94. The number of rotatable bonds is 0. The molecule has 2 nitrogen and oxygen atoms in total. The van der Waals surface area contributed by atoms with Gasteiger partial charge in [-0.1, -0.05) is 51.1 Å². The smallest absolute Gasteiger partial charge is 0.218 e. The number of aromatic nitrogens is 2. The van der Waals surface area contributed by atoms with E-state index in [0.29, 0.717) is 0 Å². The predicted molar refractivity (Wildman–Crippen MR) is 90.4 cm³/mol. The molecule has 0 radical (unpaired) electrons. The van der Waals surface area contributed by atoms with Crippen molar-refractivity contribution in [2.75, 3.05) is 0 Å². The van der Waals surface area contributed by atoms with Crippen LogP contribution in [0, 0.1) is 0 Å². The molecule has 1 aliphatic heterocycles. The molecule has 22 heavy (non-hydrogen) atoms. The average Bonchev–Trinajstić information content (AvgIpc) is 3.01. The van der Waals surface area contributed by atoms with Crippen molar-refractivity contribution in [2.45, 2.75) is 32.7 Å². The van der Waals surface area contributed by atoms with Crippen molar-refractivity contribution in [3.8, 4) is 0 Å². The summed E-state index contributed by atoms with van der Waals surface area (Å²) in [6, 6.07) is 17.9. The Morgan fingerprint density at radius 3 is 2.64 bits per heavy atom. The van der Waals surface area contributed by atoms with E-state index in [0.717, 1.165) is 6.54 Å². The first-order chi connectivity index (χ1) is 10.6. The zero-order valence-electron chi connectivity index (χ0n) is 13.2. The highest BCUT2D eigenvalue weighted by Crippen LogP contribution is 2.35. The van der Waals surface area contributed by atoms with E-state index in [-0.39, 0.29) is 5.41 Å². The van der Waals surface area contributed by atoms with E-state index < -0.39 is 0 Å². The molecular formula is C20H19N2+. The standard InChI is InChI=1S/C20H19N2/c1-20(2,3)17-11-13-7-6-8-14-12-21-15-9-4-5-10-16(15)22(17)19(21)18(13)14/h4-11H,12H2,1-3H3/q+1. The number of benzene rings is 2. The highest BCUT2D eigenvalue weighted by Gasteiger charge is 2.33. The highest BCUT2D eigenvalue weighted by atomic mass is 15.1. The second kappa shape index (κ2) is 3.70. The lowest BCUT2D eigenvalue weighted by atomic mass is 9.90. The summed E-state index contributed by atoms with van der Waals surface area (Å²) in [4.78, 5) is 0. The van der Waals surface area contributed by atoms with Crippen LogP contribution in [0.3, 0.4) is 0 Å². The molecule has 5 rings (SSSR count). The molecule has 0 bridgehead atoms. The van der Waals surface area contributed by atoms with Gasteiger partial charge in [0.2, 0.25) is 0 Å². The van der Waals surface area contributed by atoms with Gasteiger partial charge >= 0.3 is 0 Å². The molecule has 0 aliphatic carbocycles. The average molecular weight is 287 g/mol. The number of pyridine rings is 1. The minimum Gasteiger partial charge on any atom is -0.218 e. The van der Waals surface area contributed by atoms with Gasteiger partial charge in [-0.2, -0.15) is 4.40 Å². The molecule has 2 aromatic heterocycles. The van der Waals surface area contributed by atoms with E-state index in [4.69, 9.17) is 0 Å². The quantitative estimate of drug-likeness (QED) is 0.377.